The average Bonchev–Trinajstić information content (AvgIpc) is 2.52. The molecule has 3 heteroatoms. The van der Waals surface area contributed by atoms with Crippen molar-refractivity contribution in [2.75, 3.05) is 31.2 Å². The van der Waals surface area contributed by atoms with Gasteiger partial charge in [0, 0.05) is 24.3 Å². The molecule has 108 valence electrons. The highest BCUT2D eigenvalue weighted by Gasteiger charge is 2.11. The minimum Gasteiger partial charge on any atom is -0.378 e. The van der Waals surface area contributed by atoms with Crippen molar-refractivity contribution in [2.24, 2.45) is 0 Å². The van der Waals surface area contributed by atoms with Crippen molar-refractivity contribution in [1.82, 2.24) is 0 Å². The van der Waals surface area contributed by atoms with E-state index in [0.717, 1.165) is 51.1 Å². The lowest BCUT2D eigenvalue weighted by molar-refractivity contribution is 0.104. The Balaban J connectivity index is 1.93. The van der Waals surface area contributed by atoms with Gasteiger partial charge < -0.3 is 9.64 Å². The molecule has 1 fully saturated rings. The first kappa shape index (κ1) is 14.8. The van der Waals surface area contributed by atoms with E-state index in [1.54, 1.807) is 6.08 Å². The lowest BCUT2D eigenvalue weighted by Crippen LogP contribution is -2.36. The van der Waals surface area contributed by atoms with Crippen LogP contribution in [0.15, 0.2) is 36.4 Å². The maximum Gasteiger partial charge on any atom is 0.185 e. The summed E-state index contributed by atoms with van der Waals surface area (Å²) in [4.78, 5) is 14.3. The van der Waals surface area contributed by atoms with Crippen molar-refractivity contribution < 1.29 is 9.53 Å². The molecule has 20 heavy (non-hydrogen) atoms. The number of ether oxygens (including phenoxy) is 1. The van der Waals surface area contributed by atoms with Gasteiger partial charge in [0.1, 0.15) is 0 Å². The second-order valence-corrected chi connectivity index (χ2v) is 5.06. The SMILES string of the molecule is CCCC/C=C/C(=O)c1ccc(N2CCOCC2)cc1. The zero-order valence-corrected chi connectivity index (χ0v) is 12.2. The third-order valence-electron chi connectivity index (χ3n) is 3.52. The van der Waals surface area contributed by atoms with Gasteiger partial charge in [0.25, 0.3) is 0 Å². The van der Waals surface area contributed by atoms with Crippen LogP contribution in [0.1, 0.15) is 36.5 Å². The van der Waals surface area contributed by atoms with Crippen LogP contribution in [0.2, 0.25) is 0 Å². The molecular weight excluding hydrogens is 250 g/mol. The molecule has 1 aliphatic rings. The van der Waals surface area contributed by atoms with Crippen LogP contribution in [0.25, 0.3) is 0 Å². The largest absolute Gasteiger partial charge is 0.378 e. The molecule has 0 radical (unpaired) electrons. The first-order chi connectivity index (χ1) is 9.81. The zero-order valence-electron chi connectivity index (χ0n) is 12.2. The summed E-state index contributed by atoms with van der Waals surface area (Å²) in [7, 11) is 0. The number of benzene rings is 1. The zero-order chi connectivity index (χ0) is 14.2. The van der Waals surface area contributed by atoms with E-state index in [2.05, 4.69) is 11.8 Å². The number of rotatable bonds is 6. The van der Waals surface area contributed by atoms with Crippen LogP contribution in [-0.4, -0.2) is 32.1 Å². The molecule has 2 rings (SSSR count). The van der Waals surface area contributed by atoms with Crippen molar-refractivity contribution in [3.63, 3.8) is 0 Å². The summed E-state index contributed by atoms with van der Waals surface area (Å²) >= 11 is 0. The fraction of sp³-hybridized carbons (Fsp3) is 0.471. The number of ketones is 1. The van der Waals surface area contributed by atoms with Gasteiger partial charge in [-0.3, -0.25) is 4.79 Å². The summed E-state index contributed by atoms with van der Waals surface area (Å²) in [5.41, 5.74) is 1.93. The van der Waals surface area contributed by atoms with E-state index in [4.69, 9.17) is 4.74 Å². The highest BCUT2D eigenvalue weighted by molar-refractivity contribution is 6.04. The highest BCUT2D eigenvalue weighted by Crippen LogP contribution is 2.17. The van der Waals surface area contributed by atoms with Crippen molar-refractivity contribution >= 4 is 11.5 Å². The monoisotopic (exact) mass is 273 g/mol. The van der Waals surface area contributed by atoms with Crippen molar-refractivity contribution in [3.05, 3.63) is 42.0 Å². The Morgan fingerprint density at radius 1 is 1.25 bits per heavy atom. The number of anilines is 1. The third kappa shape index (κ3) is 4.20. The van der Waals surface area contributed by atoms with Gasteiger partial charge in [-0.1, -0.05) is 25.8 Å². The molecule has 0 spiro atoms. The molecule has 1 heterocycles. The predicted molar refractivity (Wildman–Crippen MR) is 82.5 cm³/mol. The predicted octanol–water partition coefficient (Wildman–Crippen LogP) is 3.45. The van der Waals surface area contributed by atoms with E-state index in [-0.39, 0.29) is 5.78 Å². The molecule has 0 aliphatic carbocycles. The summed E-state index contributed by atoms with van der Waals surface area (Å²) in [5.74, 6) is 0.0923. The molecule has 1 aliphatic heterocycles. The molecule has 0 atom stereocenters. The number of nitrogens with zero attached hydrogens (tertiary/aromatic N) is 1. The third-order valence-corrected chi connectivity index (χ3v) is 3.52. The molecule has 0 N–H and O–H groups in total. The van der Waals surface area contributed by atoms with E-state index in [0.29, 0.717) is 0 Å². The molecule has 0 bridgehead atoms. The molecular formula is C17H23NO2. The molecule has 1 saturated heterocycles. The number of carbonyl (C=O) groups excluding carboxylic acids is 1. The van der Waals surface area contributed by atoms with Crippen molar-refractivity contribution in [1.29, 1.82) is 0 Å². The number of morpholine rings is 1. The summed E-state index contributed by atoms with van der Waals surface area (Å²) in [6.45, 7) is 5.55. The van der Waals surface area contributed by atoms with Crippen LogP contribution in [0.4, 0.5) is 5.69 Å². The van der Waals surface area contributed by atoms with E-state index in [9.17, 15) is 4.79 Å². The number of unbranched alkanes of at least 4 members (excludes halogenated alkanes) is 2. The summed E-state index contributed by atoms with van der Waals surface area (Å²) in [6, 6.07) is 7.88. The van der Waals surface area contributed by atoms with Crippen LogP contribution in [0, 0.1) is 0 Å². The van der Waals surface area contributed by atoms with Crippen LogP contribution < -0.4 is 4.90 Å². The lowest BCUT2D eigenvalue weighted by Gasteiger charge is -2.28. The van der Waals surface area contributed by atoms with E-state index in [1.165, 1.54) is 5.69 Å². The van der Waals surface area contributed by atoms with E-state index in [1.807, 2.05) is 30.3 Å². The molecule has 0 saturated carbocycles. The van der Waals surface area contributed by atoms with Crippen molar-refractivity contribution in [2.45, 2.75) is 26.2 Å². The Kier molecular flexibility index (Phi) is 5.81. The van der Waals surface area contributed by atoms with Gasteiger partial charge in [0.15, 0.2) is 5.78 Å². The second kappa shape index (κ2) is 7.85. The molecule has 0 amide bonds. The van der Waals surface area contributed by atoms with E-state index >= 15 is 0 Å². The van der Waals surface area contributed by atoms with Crippen LogP contribution >= 0.6 is 0 Å². The first-order valence-corrected chi connectivity index (χ1v) is 7.45. The van der Waals surface area contributed by atoms with Gasteiger partial charge >= 0.3 is 0 Å². The normalized spacial score (nSPS) is 15.8. The standard InChI is InChI=1S/C17H23NO2/c1-2-3-4-5-6-17(19)15-7-9-16(10-8-15)18-11-13-20-14-12-18/h5-10H,2-4,11-14H2,1H3/b6-5+. The van der Waals surface area contributed by atoms with Gasteiger partial charge in [-0.15, -0.1) is 0 Å². The van der Waals surface area contributed by atoms with Gasteiger partial charge in [0.2, 0.25) is 0 Å². The summed E-state index contributed by atoms with van der Waals surface area (Å²) in [5, 5.41) is 0. The fourth-order valence-electron chi connectivity index (χ4n) is 2.27. The molecule has 0 unspecified atom stereocenters. The van der Waals surface area contributed by atoms with E-state index < -0.39 is 0 Å². The van der Waals surface area contributed by atoms with Gasteiger partial charge in [-0.2, -0.15) is 0 Å². The Bertz CT molecular complexity index is 445. The maximum atomic E-state index is 12.0. The minimum atomic E-state index is 0.0923. The highest BCUT2D eigenvalue weighted by atomic mass is 16.5. The first-order valence-electron chi connectivity index (χ1n) is 7.45. The maximum absolute atomic E-state index is 12.0. The van der Waals surface area contributed by atoms with Gasteiger partial charge in [0.05, 0.1) is 13.2 Å². The minimum absolute atomic E-state index is 0.0923. The summed E-state index contributed by atoms with van der Waals surface area (Å²) < 4.78 is 5.34. The molecule has 0 aromatic heterocycles. The van der Waals surface area contributed by atoms with Crippen LogP contribution in [0.3, 0.4) is 0 Å². The Morgan fingerprint density at radius 3 is 2.60 bits per heavy atom. The van der Waals surface area contributed by atoms with Crippen molar-refractivity contribution in [3.8, 4) is 0 Å². The summed E-state index contributed by atoms with van der Waals surface area (Å²) in [6.07, 6.45) is 6.95. The fourth-order valence-corrected chi connectivity index (χ4v) is 2.27. The second-order valence-electron chi connectivity index (χ2n) is 5.06. The number of hydrogen-bond donors (Lipinski definition) is 0. The number of carbonyl (C=O) groups is 1. The smallest absolute Gasteiger partial charge is 0.185 e. The topological polar surface area (TPSA) is 29.5 Å². The Labute approximate surface area is 121 Å². The Morgan fingerprint density at radius 2 is 1.95 bits per heavy atom. The Hall–Kier alpha value is -1.61. The average molecular weight is 273 g/mol. The molecule has 1 aromatic carbocycles. The van der Waals surface area contributed by atoms with Gasteiger partial charge in [-0.25, -0.2) is 0 Å². The molecule has 1 aromatic rings. The van der Waals surface area contributed by atoms with Gasteiger partial charge in [-0.05, 0) is 36.8 Å². The number of hydrogen-bond acceptors (Lipinski definition) is 3. The van der Waals surface area contributed by atoms with Crippen LogP contribution in [0.5, 0.6) is 0 Å². The molecule has 3 nitrogen and oxygen atoms in total. The number of allylic oxidation sites excluding steroid dienone is 2. The van der Waals surface area contributed by atoms with Crippen LogP contribution in [-0.2, 0) is 4.74 Å². The quantitative estimate of drug-likeness (QED) is 0.451. The lowest BCUT2D eigenvalue weighted by atomic mass is 10.1.